The van der Waals surface area contributed by atoms with E-state index in [1.165, 1.54) is 5.56 Å². The van der Waals surface area contributed by atoms with Crippen molar-refractivity contribution in [3.63, 3.8) is 0 Å². The van der Waals surface area contributed by atoms with Crippen molar-refractivity contribution in [2.45, 2.75) is 33.4 Å². The van der Waals surface area contributed by atoms with Gasteiger partial charge in [0.05, 0.1) is 0 Å². The number of hydrogen-bond acceptors (Lipinski definition) is 2. The van der Waals surface area contributed by atoms with Gasteiger partial charge in [0, 0.05) is 21.5 Å². The molecule has 0 bridgehead atoms. The van der Waals surface area contributed by atoms with Crippen molar-refractivity contribution >= 4 is 31.9 Å². The molecule has 21 heavy (non-hydrogen) atoms. The summed E-state index contributed by atoms with van der Waals surface area (Å²) >= 11 is 7.07. The third-order valence-corrected chi connectivity index (χ3v) is 4.32. The molecule has 0 aliphatic rings. The van der Waals surface area contributed by atoms with E-state index in [1.807, 2.05) is 37.3 Å². The summed E-state index contributed by atoms with van der Waals surface area (Å²) in [5.41, 5.74) is 2.33. The number of hydrogen-bond donors (Lipinski definition) is 1. The van der Waals surface area contributed by atoms with E-state index in [4.69, 9.17) is 4.74 Å². The molecular formula is C17H19Br2NO. The lowest BCUT2D eigenvalue weighted by Crippen LogP contribution is -2.21. The van der Waals surface area contributed by atoms with Gasteiger partial charge in [-0.2, -0.15) is 0 Å². The van der Waals surface area contributed by atoms with Crippen LogP contribution in [0.5, 0.6) is 11.5 Å². The summed E-state index contributed by atoms with van der Waals surface area (Å²) in [7, 11) is 0. The number of halogens is 2. The van der Waals surface area contributed by atoms with E-state index in [-0.39, 0.29) is 0 Å². The Bertz CT molecular complexity index is 626. The van der Waals surface area contributed by atoms with Crippen LogP contribution in [-0.4, -0.2) is 6.04 Å². The molecule has 0 radical (unpaired) electrons. The summed E-state index contributed by atoms with van der Waals surface area (Å²) in [5, 5.41) is 3.41. The predicted octanol–water partition coefficient (Wildman–Crippen LogP) is 5.81. The van der Waals surface area contributed by atoms with Crippen LogP contribution in [0.4, 0.5) is 0 Å². The number of nitrogens with one attached hydrogen (secondary N) is 1. The maximum absolute atomic E-state index is 5.95. The van der Waals surface area contributed by atoms with Crippen molar-refractivity contribution in [1.29, 1.82) is 0 Å². The van der Waals surface area contributed by atoms with E-state index in [2.05, 4.69) is 57.1 Å². The van der Waals surface area contributed by atoms with Gasteiger partial charge in [-0.1, -0.05) is 51.8 Å². The molecule has 0 aromatic heterocycles. The zero-order valence-corrected chi connectivity index (χ0v) is 15.6. The molecule has 0 unspecified atom stereocenters. The first-order chi connectivity index (χ1) is 9.95. The van der Waals surface area contributed by atoms with E-state index in [9.17, 15) is 0 Å². The van der Waals surface area contributed by atoms with Crippen molar-refractivity contribution in [2.75, 3.05) is 0 Å². The Morgan fingerprint density at radius 3 is 2.48 bits per heavy atom. The Labute approximate surface area is 143 Å². The van der Waals surface area contributed by atoms with Gasteiger partial charge < -0.3 is 10.1 Å². The van der Waals surface area contributed by atoms with Crippen LogP contribution in [0.3, 0.4) is 0 Å². The van der Waals surface area contributed by atoms with Gasteiger partial charge in [0.2, 0.25) is 0 Å². The highest BCUT2D eigenvalue weighted by molar-refractivity contribution is 9.10. The maximum atomic E-state index is 5.95. The topological polar surface area (TPSA) is 21.3 Å². The van der Waals surface area contributed by atoms with E-state index < -0.39 is 0 Å². The molecule has 0 saturated carbocycles. The third kappa shape index (κ3) is 4.83. The molecule has 0 atom stereocenters. The van der Waals surface area contributed by atoms with Crippen LogP contribution < -0.4 is 10.1 Å². The first kappa shape index (κ1) is 16.5. The smallest absolute Gasteiger partial charge is 0.130 e. The molecular weight excluding hydrogens is 394 g/mol. The van der Waals surface area contributed by atoms with E-state index in [1.54, 1.807) is 0 Å². The molecule has 2 rings (SSSR count). The van der Waals surface area contributed by atoms with Crippen molar-refractivity contribution in [3.05, 3.63) is 56.5 Å². The number of aryl methyl sites for hydroxylation is 1. The molecule has 0 amide bonds. The predicted molar refractivity (Wildman–Crippen MR) is 95.1 cm³/mol. The summed E-state index contributed by atoms with van der Waals surface area (Å²) in [6, 6.07) is 12.6. The molecule has 4 heteroatoms. The Kier molecular flexibility index (Phi) is 5.85. The molecule has 0 spiro atoms. The summed E-state index contributed by atoms with van der Waals surface area (Å²) < 4.78 is 8.07. The third-order valence-electron chi connectivity index (χ3n) is 3.09. The highest BCUT2D eigenvalue weighted by Gasteiger charge is 2.06. The first-order valence-electron chi connectivity index (χ1n) is 6.91. The Morgan fingerprint density at radius 2 is 1.86 bits per heavy atom. The summed E-state index contributed by atoms with van der Waals surface area (Å²) in [4.78, 5) is 0. The fourth-order valence-electron chi connectivity index (χ4n) is 1.90. The highest BCUT2D eigenvalue weighted by atomic mass is 79.9. The number of benzene rings is 2. The Hall–Kier alpha value is -0.840. The van der Waals surface area contributed by atoms with Gasteiger partial charge in [0.15, 0.2) is 0 Å². The fraction of sp³-hybridized carbons (Fsp3) is 0.294. The normalized spacial score (nSPS) is 11.0. The minimum atomic E-state index is 0.471. The SMILES string of the molecule is Cc1cc(Br)ccc1Oc1ccc(CNC(C)C)c(Br)c1. The van der Waals surface area contributed by atoms with Gasteiger partial charge in [-0.15, -0.1) is 0 Å². The highest BCUT2D eigenvalue weighted by Crippen LogP contribution is 2.30. The minimum absolute atomic E-state index is 0.471. The maximum Gasteiger partial charge on any atom is 0.130 e. The summed E-state index contributed by atoms with van der Waals surface area (Å²) in [5.74, 6) is 1.71. The van der Waals surface area contributed by atoms with Crippen LogP contribution in [0, 0.1) is 6.92 Å². The van der Waals surface area contributed by atoms with Crippen LogP contribution in [0.2, 0.25) is 0 Å². The Morgan fingerprint density at radius 1 is 1.10 bits per heavy atom. The average Bonchev–Trinajstić information content (AvgIpc) is 2.41. The number of ether oxygens (including phenoxy) is 1. The van der Waals surface area contributed by atoms with Crippen molar-refractivity contribution in [2.24, 2.45) is 0 Å². The van der Waals surface area contributed by atoms with E-state index >= 15 is 0 Å². The largest absolute Gasteiger partial charge is 0.457 e. The standard InChI is InChI=1S/C17H19Br2NO/c1-11(2)20-10-13-4-6-15(9-16(13)19)21-17-7-5-14(18)8-12(17)3/h4-9,11,20H,10H2,1-3H3. The lowest BCUT2D eigenvalue weighted by molar-refractivity contribution is 0.478. The lowest BCUT2D eigenvalue weighted by Gasteiger charge is -2.13. The van der Waals surface area contributed by atoms with Crippen molar-refractivity contribution in [1.82, 2.24) is 5.32 Å². The molecule has 0 aliphatic carbocycles. The number of rotatable bonds is 5. The molecule has 0 heterocycles. The molecule has 2 aromatic carbocycles. The van der Waals surface area contributed by atoms with Gasteiger partial charge in [-0.05, 0) is 48.4 Å². The molecule has 112 valence electrons. The van der Waals surface area contributed by atoms with Crippen LogP contribution in [0.15, 0.2) is 45.3 Å². The lowest BCUT2D eigenvalue weighted by atomic mass is 10.2. The quantitative estimate of drug-likeness (QED) is 0.668. The van der Waals surface area contributed by atoms with Crippen LogP contribution in [0.25, 0.3) is 0 Å². The van der Waals surface area contributed by atoms with Crippen LogP contribution in [-0.2, 0) is 6.54 Å². The van der Waals surface area contributed by atoms with Gasteiger partial charge in [0.1, 0.15) is 11.5 Å². The molecule has 0 saturated heterocycles. The van der Waals surface area contributed by atoms with Gasteiger partial charge in [-0.25, -0.2) is 0 Å². The van der Waals surface area contributed by atoms with Crippen molar-refractivity contribution in [3.8, 4) is 11.5 Å². The molecule has 1 N–H and O–H groups in total. The summed E-state index contributed by atoms with van der Waals surface area (Å²) in [6.07, 6.45) is 0. The monoisotopic (exact) mass is 411 g/mol. The van der Waals surface area contributed by atoms with Gasteiger partial charge in [-0.3, -0.25) is 0 Å². The van der Waals surface area contributed by atoms with E-state index in [0.717, 1.165) is 32.6 Å². The van der Waals surface area contributed by atoms with Crippen LogP contribution in [0.1, 0.15) is 25.0 Å². The minimum Gasteiger partial charge on any atom is -0.457 e. The second-order valence-electron chi connectivity index (χ2n) is 5.30. The van der Waals surface area contributed by atoms with E-state index in [0.29, 0.717) is 6.04 Å². The Balaban J connectivity index is 2.12. The average molecular weight is 413 g/mol. The second kappa shape index (κ2) is 7.43. The van der Waals surface area contributed by atoms with Gasteiger partial charge in [0.25, 0.3) is 0 Å². The summed E-state index contributed by atoms with van der Waals surface area (Å²) in [6.45, 7) is 7.16. The van der Waals surface area contributed by atoms with Crippen molar-refractivity contribution < 1.29 is 4.74 Å². The second-order valence-corrected chi connectivity index (χ2v) is 7.07. The fourth-order valence-corrected chi connectivity index (χ4v) is 2.88. The zero-order chi connectivity index (χ0) is 15.4. The molecule has 0 fully saturated rings. The molecule has 2 aromatic rings. The molecule has 2 nitrogen and oxygen atoms in total. The molecule has 0 aliphatic heterocycles. The van der Waals surface area contributed by atoms with Gasteiger partial charge >= 0.3 is 0 Å². The first-order valence-corrected chi connectivity index (χ1v) is 8.50. The zero-order valence-electron chi connectivity index (χ0n) is 12.4. The van der Waals surface area contributed by atoms with Crippen LogP contribution >= 0.6 is 31.9 Å².